The number of rotatable bonds is 7. The number of carbonyl (C=O) groups is 1. The van der Waals surface area contributed by atoms with Crippen LogP contribution in [0.25, 0.3) is 0 Å². The molecule has 128 valence electrons. The van der Waals surface area contributed by atoms with E-state index in [2.05, 4.69) is 50.5 Å². The number of hydrogen-bond donors (Lipinski definition) is 2. The summed E-state index contributed by atoms with van der Waals surface area (Å²) in [5, 5.41) is 6.14. The Morgan fingerprint density at radius 2 is 2.04 bits per heavy atom. The number of nitrogens with zero attached hydrogens (tertiary/aromatic N) is 2. The zero-order chi connectivity index (χ0) is 17.5. The van der Waals surface area contributed by atoms with Crippen LogP contribution in [0, 0.1) is 6.92 Å². The van der Waals surface area contributed by atoms with Gasteiger partial charge in [-0.05, 0) is 79.7 Å². The van der Waals surface area contributed by atoms with E-state index in [9.17, 15) is 4.79 Å². The third-order valence-corrected chi connectivity index (χ3v) is 4.14. The van der Waals surface area contributed by atoms with Gasteiger partial charge < -0.3 is 15.5 Å². The van der Waals surface area contributed by atoms with Crippen LogP contribution >= 0.6 is 15.9 Å². The second-order valence-electron chi connectivity index (χ2n) is 5.95. The average molecular weight is 391 g/mol. The van der Waals surface area contributed by atoms with Gasteiger partial charge in [0.05, 0.1) is 11.3 Å². The molecule has 0 bridgehead atoms. The number of aryl methyl sites for hydroxylation is 1. The van der Waals surface area contributed by atoms with E-state index in [1.54, 1.807) is 12.3 Å². The van der Waals surface area contributed by atoms with Crippen molar-refractivity contribution in [1.82, 2.24) is 9.88 Å². The van der Waals surface area contributed by atoms with E-state index in [1.807, 2.05) is 31.2 Å². The predicted molar refractivity (Wildman–Crippen MR) is 103 cm³/mol. The quantitative estimate of drug-likeness (QED) is 0.706. The van der Waals surface area contributed by atoms with Gasteiger partial charge >= 0.3 is 0 Å². The van der Waals surface area contributed by atoms with Crippen molar-refractivity contribution in [2.75, 3.05) is 37.8 Å². The highest BCUT2D eigenvalue weighted by Crippen LogP contribution is 2.23. The van der Waals surface area contributed by atoms with Gasteiger partial charge in [0.2, 0.25) is 0 Å². The van der Waals surface area contributed by atoms with Crippen molar-refractivity contribution in [1.29, 1.82) is 0 Å². The molecule has 2 rings (SSSR count). The molecule has 0 unspecified atom stereocenters. The van der Waals surface area contributed by atoms with E-state index < -0.39 is 0 Å². The number of nitrogens with one attached hydrogen (secondary N) is 2. The molecule has 2 aromatic rings. The Bertz CT molecular complexity index is 686. The van der Waals surface area contributed by atoms with Crippen LogP contribution in [0.1, 0.15) is 22.3 Å². The summed E-state index contributed by atoms with van der Waals surface area (Å²) in [6.45, 7) is 3.89. The number of halogens is 1. The zero-order valence-electron chi connectivity index (χ0n) is 14.3. The smallest absolute Gasteiger partial charge is 0.257 e. The molecular formula is C18H23BrN4O. The topological polar surface area (TPSA) is 57.3 Å². The molecule has 0 saturated carbocycles. The van der Waals surface area contributed by atoms with E-state index in [0.717, 1.165) is 41.1 Å². The van der Waals surface area contributed by atoms with Gasteiger partial charge in [0.25, 0.3) is 5.91 Å². The minimum Gasteiger partial charge on any atom is -0.370 e. The number of carbonyl (C=O) groups excluding carboxylic acids is 1. The summed E-state index contributed by atoms with van der Waals surface area (Å²) in [6, 6.07) is 9.41. The van der Waals surface area contributed by atoms with Crippen LogP contribution < -0.4 is 10.6 Å². The molecule has 0 radical (unpaired) electrons. The Balaban J connectivity index is 1.91. The average Bonchev–Trinajstić information content (AvgIpc) is 2.54. The van der Waals surface area contributed by atoms with Crippen LogP contribution in [-0.4, -0.2) is 43.0 Å². The molecule has 1 aromatic heterocycles. The summed E-state index contributed by atoms with van der Waals surface area (Å²) in [5.74, 6) is 0.605. The minimum atomic E-state index is -0.175. The molecule has 0 fully saturated rings. The molecule has 0 spiro atoms. The monoisotopic (exact) mass is 390 g/mol. The lowest BCUT2D eigenvalue weighted by atomic mass is 10.2. The first kappa shape index (κ1) is 18.4. The molecule has 0 atom stereocenters. The molecule has 24 heavy (non-hydrogen) atoms. The number of anilines is 2. The first-order valence-electron chi connectivity index (χ1n) is 7.88. The van der Waals surface area contributed by atoms with Crippen LogP contribution in [0.5, 0.6) is 0 Å². The third kappa shape index (κ3) is 5.62. The fourth-order valence-corrected chi connectivity index (χ4v) is 2.75. The van der Waals surface area contributed by atoms with Gasteiger partial charge in [-0.25, -0.2) is 4.98 Å². The molecule has 0 saturated heterocycles. The molecule has 0 aliphatic carbocycles. The third-order valence-electron chi connectivity index (χ3n) is 3.49. The summed E-state index contributed by atoms with van der Waals surface area (Å²) in [7, 11) is 4.11. The Hall–Kier alpha value is -1.92. The Morgan fingerprint density at radius 1 is 1.25 bits per heavy atom. The van der Waals surface area contributed by atoms with Gasteiger partial charge in [0.15, 0.2) is 0 Å². The highest BCUT2D eigenvalue weighted by Gasteiger charge is 2.09. The normalized spacial score (nSPS) is 10.7. The number of amides is 1. The summed E-state index contributed by atoms with van der Waals surface area (Å²) in [4.78, 5) is 18.7. The summed E-state index contributed by atoms with van der Waals surface area (Å²) in [6.07, 6.45) is 2.63. The lowest BCUT2D eigenvalue weighted by Crippen LogP contribution is -2.17. The van der Waals surface area contributed by atoms with E-state index in [4.69, 9.17) is 0 Å². The molecule has 0 aliphatic rings. The number of hydrogen-bond acceptors (Lipinski definition) is 4. The number of pyridine rings is 1. The van der Waals surface area contributed by atoms with Gasteiger partial charge in [-0.15, -0.1) is 0 Å². The molecule has 5 nitrogen and oxygen atoms in total. The fraction of sp³-hybridized carbons (Fsp3) is 0.333. The van der Waals surface area contributed by atoms with E-state index in [1.165, 1.54) is 0 Å². The van der Waals surface area contributed by atoms with E-state index >= 15 is 0 Å². The molecule has 6 heteroatoms. The minimum absolute atomic E-state index is 0.175. The highest BCUT2D eigenvalue weighted by atomic mass is 79.9. The Morgan fingerprint density at radius 3 is 2.67 bits per heavy atom. The first-order valence-corrected chi connectivity index (χ1v) is 8.67. The highest BCUT2D eigenvalue weighted by molar-refractivity contribution is 9.10. The SMILES string of the molecule is Cc1ccc(NC(=O)c2ccc(NCCCN(C)C)nc2)c(Br)c1. The summed E-state index contributed by atoms with van der Waals surface area (Å²) >= 11 is 3.46. The van der Waals surface area contributed by atoms with Gasteiger partial charge in [0, 0.05) is 17.2 Å². The second kappa shape index (κ2) is 8.80. The van der Waals surface area contributed by atoms with Crippen molar-refractivity contribution in [2.24, 2.45) is 0 Å². The van der Waals surface area contributed by atoms with Gasteiger partial charge in [-0.1, -0.05) is 6.07 Å². The molecule has 2 N–H and O–H groups in total. The lowest BCUT2D eigenvalue weighted by Gasteiger charge is -2.11. The number of benzene rings is 1. The van der Waals surface area contributed by atoms with Crippen LogP contribution in [0.15, 0.2) is 41.0 Å². The maximum Gasteiger partial charge on any atom is 0.257 e. The second-order valence-corrected chi connectivity index (χ2v) is 6.81. The van der Waals surface area contributed by atoms with Crippen LogP contribution in [0.3, 0.4) is 0 Å². The first-order chi connectivity index (χ1) is 11.5. The molecule has 0 aliphatic heterocycles. The molecular weight excluding hydrogens is 368 g/mol. The molecule has 1 amide bonds. The van der Waals surface area contributed by atoms with Crippen molar-refractivity contribution < 1.29 is 4.79 Å². The lowest BCUT2D eigenvalue weighted by molar-refractivity contribution is 0.102. The van der Waals surface area contributed by atoms with Crippen molar-refractivity contribution in [3.63, 3.8) is 0 Å². The van der Waals surface area contributed by atoms with Crippen LogP contribution in [-0.2, 0) is 0 Å². The van der Waals surface area contributed by atoms with Crippen LogP contribution in [0.4, 0.5) is 11.5 Å². The Labute approximate surface area is 151 Å². The van der Waals surface area contributed by atoms with Gasteiger partial charge in [-0.2, -0.15) is 0 Å². The van der Waals surface area contributed by atoms with Gasteiger partial charge in [-0.3, -0.25) is 4.79 Å². The maximum absolute atomic E-state index is 12.3. The Kier molecular flexibility index (Phi) is 6.75. The van der Waals surface area contributed by atoms with E-state index in [0.29, 0.717) is 5.56 Å². The van der Waals surface area contributed by atoms with Crippen molar-refractivity contribution >= 4 is 33.3 Å². The standard InChI is InChI=1S/C18H23BrN4O/c1-13-5-7-16(15(19)11-13)22-18(24)14-6-8-17(21-12-14)20-9-4-10-23(2)3/h5-8,11-12H,4,9-10H2,1-3H3,(H,20,21)(H,22,24). The van der Waals surface area contributed by atoms with Crippen molar-refractivity contribution in [3.05, 3.63) is 52.1 Å². The largest absolute Gasteiger partial charge is 0.370 e. The van der Waals surface area contributed by atoms with Gasteiger partial charge in [0.1, 0.15) is 5.82 Å². The van der Waals surface area contributed by atoms with Crippen molar-refractivity contribution in [2.45, 2.75) is 13.3 Å². The molecule has 1 aromatic carbocycles. The predicted octanol–water partition coefficient (Wildman–Crippen LogP) is 3.77. The zero-order valence-corrected chi connectivity index (χ0v) is 15.9. The van der Waals surface area contributed by atoms with Crippen molar-refractivity contribution in [3.8, 4) is 0 Å². The summed E-state index contributed by atoms with van der Waals surface area (Å²) in [5.41, 5.74) is 2.41. The number of aromatic nitrogens is 1. The molecule has 1 heterocycles. The van der Waals surface area contributed by atoms with Crippen LogP contribution in [0.2, 0.25) is 0 Å². The fourth-order valence-electron chi connectivity index (χ4n) is 2.16. The van der Waals surface area contributed by atoms with E-state index in [-0.39, 0.29) is 5.91 Å². The summed E-state index contributed by atoms with van der Waals surface area (Å²) < 4.78 is 0.864. The maximum atomic E-state index is 12.3.